The van der Waals surface area contributed by atoms with Crippen LogP contribution in [0.2, 0.25) is 5.15 Å². The normalized spacial score (nSPS) is 10.5. The van der Waals surface area contributed by atoms with E-state index in [-0.39, 0.29) is 10.7 Å². The maximum atomic E-state index is 10.8. The molecule has 0 atom stereocenters. The van der Waals surface area contributed by atoms with Crippen molar-refractivity contribution in [2.45, 2.75) is 20.3 Å². The predicted molar refractivity (Wildman–Crippen MR) is 64.2 cm³/mol. The number of hydrogen-bond acceptors (Lipinski definition) is 3. The number of hydrogen-bond donors (Lipinski definition) is 2. The van der Waals surface area contributed by atoms with Gasteiger partial charge in [0, 0.05) is 6.54 Å². The van der Waals surface area contributed by atoms with Crippen LogP contribution in [0.1, 0.15) is 30.6 Å². The third-order valence-corrected chi connectivity index (χ3v) is 2.26. The highest BCUT2D eigenvalue weighted by Gasteiger charge is 2.07. The Hall–Kier alpha value is -1.29. The van der Waals surface area contributed by atoms with E-state index in [0.717, 1.165) is 13.0 Å². The summed E-state index contributed by atoms with van der Waals surface area (Å²) in [6, 6.07) is 2.81. The van der Waals surface area contributed by atoms with Crippen molar-refractivity contribution >= 4 is 23.4 Å². The third-order valence-electron chi connectivity index (χ3n) is 2.07. The molecule has 1 heterocycles. The quantitative estimate of drug-likeness (QED) is 0.780. The van der Waals surface area contributed by atoms with E-state index in [1.165, 1.54) is 12.1 Å². The van der Waals surface area contributed by atoms with Crippen molar-refractivity contribution in [3.63, 3.8) is 0 Å². The Morgan fingerprint density at radius 1 is 1.56 bits per heavy atom. The molecule has 1 aromatic heterocycles. The summed E-state index contributed by atoms with van der Waals surface area (Å²) in [5.41, 5.74) is 0.145. The average Bonchev–Trinajstić information content (AvgIpc) is 2.16. The lowest BCUT2D eigenvalue weighted by molar-refractivity contribution is 0.0697. The molecule has 2 N–H and O–H groups in total. The molecular formula is C11H15ClN2O2. The van der Waals surface area contributed by atoms with E-state index in [1.54, 1.807) is 0 Å². The number of aromatic nitrogens is 1. The van der Waals surface area contributed by atoms with Gasteiger partial charge in [0.1, 0.15) is 11.0 Å². The van der Waals surface area contributed by atoms with E-state index in [9.17, 15) is 4.79 Å². The van der Waals surface area contributed by atoms with Gasteiger partial charge in [-0.15, -0.1) is 0 Å². The number of carbonyl (C=O) groups is 1. The van der Waals surface area contributed by atoms with Gasteiger partial charge in [0.15, 0.2) is 0 Å². The third kappa shape index (κ3) is 4.06. The van der Waals surface area contributed by atoms with Gasteiger partial charge in [0.05, 0.1) is 5.56 Å². The fourth-order valence-electron chi connectivity index (χ4n) is 1.20. The summed E-state index contributed by atoms with van der Waals surface area (Å²) in [6.07, 6.45) is 0.997. The first kappa shape index (κ1) is 12.8. The van der Waals surface area contributed by atoms with Gasteiger partial charge in [-0.25, -0.2) is 9.78 Å². The largest absolute Gasteiger partial charge is 0.478 e. The van der Waals surface area contributed by atoms with E-state index in [2.05, 4.69) is 24.1 Å². The smallest absolute Gasteiger partial charge is 0.335 e. The van der Waals surface area contributed by atoms with Gasteiger partial charge in [0.25, 0.3) is 0 Å². The molecule has 0 aliphatic rings. The molecule has 0 saturated heterocycles. The lowest BCUT2D eigenvalue weighted by Crippen LogP contribution is -2.07. The molecule has 0 amide bonds. The van der Waals surface area contributed by atoms with Gasteiger partial charge in [-0.3, -0.25) is 0 Å². The first-order valence-corrected chi connectivity index (χ1v) is 5.51. The Morgan fingerprint density at radius 3 is 2.81 bits per heavy atom. The number of rotatable bonds is 5. The molecule has 0 radical (unpaired) electrons. The van der Waals surface area contributed by atoms with Gasteiger partial charge in [0.2, 0.25) is 0 Å². The number of carboxylic acid groups (broad SMARTS) is 1. The zero-order valence-corrected chi connectivity index (χ0v) is 10.1. The molecule has 0 bridgehead atoms. The topological polar surface area (TPSA) is 62.2 Å². The first-order valence-electron chi connectivity index (χ1n) is 5.14. The van der Waals surface area contributed by atoms with Crippen molar-refractivity contribution in [3.8, 4) is 0 Å². The fourth-order valence-corrected chi connectivity index (χ4v) is 1.41. The van der Waals surface area contributed by atoms with Crippen LogP contribution in [-0.4, -0.2) is 22.6 Å². The van der Waals surface area contributed by atoms with Crippen LogP contribution in [0.15, 0.2) is 12.1 Å². The number of aromatic carboxylic acids is 1. The molecule has 0 aromatic carbocycles. The highest BCUT2D eigenvalue weighted by atomic mass is 35.5. The van der Waals surface area contributed by atoms with Crippen LogP contribution in [0.4, 0.5) is 5.82 Å². The van der Waals surface area contributed by atoms with Crippen molar-refractivity contribution in [2.24, 2.45) is 5.92 Å². The maximum absolute atomic E-state index is 10.8. The molecule has 1 aromatic rings. The Labute approximate surface area is 99.6 Å². The van der Waals surface area contributed by atoms with Crippen LogP contribution >= 0.6 is 11.6 Å². The minimum Gasteiger partial charge on any atom is -0.478 e. The maximum Gasteiger partial charge on any atom is 0.335 e. The summed E-state index contributed by atoms with van der Waals surface area (Å²) in [5.74, 6) is 0.0902. The number of nitrogens with zero attached hydrogens (tertiary/aromatic N) is 1. The minimum absolute atomic E-state index is 0.145. The SMILES string of the molecule is CC(C)CCNc1cc(C(=O)O)cc(Cl)n1. The van der Waals surface area contributed by atoms with Crippen LogP contribution in [0.5, 0.6) is 0 Å². The molecule has 88 valence electrons. The van der Waals surface area contributed by atoms with E-state index < -0.39 is 5.97 Å². The highest BCUT2D eigenvalue weighted by Crippen LogP contribution is 2.14. The van der Waals surface area contributed by atoms with Gasteiger partial charge in [-0.1, -0.05) is 25.4 Å². The monoisotopic (exact) mass is 242 g/mol. The number of nitrogens with one attached hydrogen (secondary N) is 1. The number of halogens is 1. The molecule has 0 aliphatic carbocycles. The number of carboxylic acids is 1. The molecule has 0 unspecified atom stereocenters. The molecule has 4 nitrogen and oxygen atoms in total. The minimum atomic E-state index is -1.00. The van der Waals surface area contributed by atoms with Crippen molar-refractivity contribution in [1.29, 1.82) is 0 Å². The summed E-state index contributed by atoms with van der Waals surface area (Å²) >= 11 is 5.72. The number of anilines is 1. The first-order chi connectivity index (χ1) is 7.49. The van der Waals surface area contributed by atoms with Crippen molar-refractivity contribution in [2.75, 3.05) is 11.9 Å². The Balaban J connectivity index is 2.69. The lowest BCUT2D eigenvalue weighted by atomic mass is 10.1. The predicted octanol–water partition coefficient (Wildman–Crippen LogP) is 2.89. The molecular weight excluding hydrogens is 228 g/mol. The second kappa shape index (κ2) is 5.70. The van der Waals surface area contributed by atoms with Gasteiger partial charge in [-0.2, -0.15) is 0 Å². The standard InChI is InChI=1S/C11H15ClN2O2/c1-7(2)3-4-13-10-6-8(11(15)16)5-9(12)14-10/h5-7H,3-4H2,1-2H3,(H,13,14)(H,15,16). The Bertz CT molecular complexity index is 380. The molecule has 0 aliphatic heterocycles. The zero-order valence-electron chi connectivity index (χ0n) is 9.33. The van der Waals surface area contributed by atoms with Gasteiger partial charge < -0.3 is 10.4 Å². The molecule has 5 heteroatoms. The summed E-state index contributed by atoms with van der Waals surface area (Å²) < 4.78 is 0. The Morgan fingerprint density at radius 2 is 2.25 bits per heavy atom. The second-order valence-electron chi connectivity index (χ2n) is 3.98. The van der Waals surface area contributed by atoms with Gasteiger partial charge in [-0.05, 0) is 24.5 Å². The van der Waals surface area contributed by atoms with Crippen LogP contribution in [0.25, 0.3) is 0 Å². The summed E-state index contributed by atoms with van der Waals surface area (Å²) in [6.45, 7) is 5.00. The highest BCUT2D eigenvalue weighted by molar-refractivity contribution is 6.29. The molecule has 16 heavy (non-hydrogen) atoms. The van der Waals surface area contributed by atoms with Crippen LogP contribution < -0.4 is 5.32 Å². The van der Waals surface area contributed by atoms with E-state index in [1.807, 2.05) is 0 Å². The fraction of sp³-hybridized carbons (Fsp3) is 0.455. The average molecular weight is 243 g/mol. The molecule has 0 saturated carbocycles. The van der Waals surface area contributed by atoms with Crippen LogP contribution in [0, 0.1) is 5.92 Å². The lowest BCUT2D eigenvalue weighted by Gasteiger charge is -2.08. The van der Waals surface area contributed by atoms with Crippen molar-refractivity contribution < 1.29 is 9.90 Å². The number of pyridine rings is 1. The van der Waals surface area contributed by atoms with Gasteiger partial charge >= 0.3 is 5.97 Å². The second-order valence-corrected chi connectivity index (χ2v) is 4.37. The summed E-state index contributed by atoms with van der Waals surface area (Å²) in [4.78, 5) is 14.8. The van der Waals surface area contributed by atoms with E-state index in [0.29, 0.717) is 11.7 Å². The molecule has 0 spiro atoms. The van der Waals surface area contributed by atoms with Crippen LogP contribution in [0.3, 0.4) is 0 Å². The van der Waals surface area contributed by atoms with Crippen molar-refractivity contribution in [1.82, 2.24) is 4.98 Å². The van der Waals surface area contributed by atoms with E-state index >= 15 is 0 Å². The summed E-state index contributed by atoms with van der Waals surface area (Å²) in [7, 11) is 0. The Kier molecular flexibility index (Phi) is 4.55. The van der Waals surface area contributed by atoms with Crippen molar-refractivity contribution in [3.05, 3.63) is 22.8 Å². The molecule has 1 rings (SSSR count). The summed E-state index contributed by atoms with van der Waals surface area (Å²) in [5, 5.41) is 12.1. The zero-order chi connectivity index (χ0) is 12.1. The van der Waals surface area contributed by atoms with E-state index in [4.69, 9.17) is 16.7 Å². The van der Waals surface area contributed by atoms with Crippen LogP contribution in [-0.2, 0) is 0 Å². The molecule has 0 fully saturated rings.